The van der Waals surface area contributed by atoms with Crippen LogP contribution in [-0.2, 0) is 34.4 Å². The Labute approximate surface area is 134 Å². The Balaban J connectivity index is 2.42. The van der Waals surface area contributed by atoms with Gasteiger partial charge in [-0.1, -0.05) is 18.2 Å². The summed E-state index contributed by atoms with van der Waals surface area (Å²) in [6.45, 7) is 5.20. The van der Waals surface area contributed by atoms with Crippen LogP contribution in [0.2, 0.25) is 0 Å². The lowest BCUT2D eigenvalue weighted by Gasteiger charge is -2.36. The first-order valence-electron chi connectivity index (χ1n) is 6.61. The summed E-state index contributed by atoms with van der Waals surface area (Å²) >= 11 is 0. The molecule has 3 saturated heterocycles. The summed E-state index contributed by atoms with van der Waals surface area (Å²) in [5.41, 5.74) is 4.65. The maximum Gasteiger partial charge on any atom is 0.450 e. The zero-order valence-corrected chi connectivity index (χ0v) is 17.6. The number of hydrogen-bond acceptors (Lipinski definition) is 8. The molecular formula is C9H18O8P2Si3. The molecular weight excluding hydrogens is 382 g/mol. The molecule has 0 aromatic rings. The van der Waals surface area contributed by atoms with Gasteiger partial charge in [-0.15, -0.1) is 0 Å². The minimum absolute atomic E-state index is 1.55. The fourth-order valence-corrected chi connectivity index (χ4v) is 15.8. The molecule has 22 heavy (non-hydrogen) atoms. The number of rotatable bonds is 3. The smallest absolute Gasteiger partial charge is 0.302 e. The van der Waals surface area contributed by atoms with Gasteiger partial charge in [0.1, 0.15) is 0 Å². The maximum absolute atomic E-state index is 12.8. The summed E-state index contributed by atoms with van der Waals surface area (Å²) in [5.74, 6) is 0. The van der Waals surface area contributed by atoms with Gasteiger partial charge in [-0.3, -0.25) is 0 Å². The Kier molecular flexibility index (Phi) is 6.51. The summed E-state index contributed by atoms with van der Waals surface area (Å²) < 4.78 is 58.1. The summed E-state index contributed by atoms with van der Waals surface area (Å²) in [6.07, 6.45) is 4.95. The molecule has 0 radical (unpaired) electrons. The molecule has 0 aromatic heterocycles. The predicted molar refractivity (Wildman–Crippen MR) is 87.6 cm³/mol. The van der Waals surface area contributed by atoms with Crippen molar-refractivity contribution in [3.05, 3.63) is 35.3 Å². The molecule has 3 rings (SSSR count). The lowest BCUT2D eigenvalue weighted by molar-refractivity contribution is 0.187. The van der Waals surface area contributed by atoms with E-state index >= 15 is 0 Å². The van der Waals surface area contributed by atoms with Gasteiger partial charge in [-0.25, -0.2) is 9.13 Å². The van der Waals surface area contributed by atoms with Gasteiger partial charge in [0.25, 0.3) is 0 Å². The third-order valence-electron chi connectivity index (χ3n) is 2.45. The van der Waals surface area contributed by atoms with E-state index in [4.69, 9.17) is 25.3 Å². The second-order valence-electron chi connectivity index (χ2n) is 4.21. The Bertz CT molecular complexity index is 471. The lowest BCUT2D eigenvalue weighted by Crippen LogP contribution is -2.36. The van der Waals surface area contributed by atoms with Gasteiger partial charge < -0.3 is 25.3 Å². The molecule has 3 fully saturated rings. The monoisotopic (exact) mass is 400 g/mol. The van der Waals surface area contributed by atoms with Crippen LogP contribution in [-0.4, -0.2) is 27.9 Å². The first-order valence-corrected chi connectivity index (χ1v) is 14.4. The number of phosphoric acid groups is 2. The summed E-state index contributed by atoms with van der Waals surface area (Å²) in [6, 6.07) is 0. The van der Waals surface area contributed by atoms with Crippen LogP contribution in [0, 0.1) is 0 Å². The van der Waals surface area contributed by atoms with Crippen molar-refractivity contribution in [2.75, 3.05) is 0 Å². The fraction of sp³-hybridized carbons (Fsp3) is 0.333. The second kappa shape index (κ2) is 7.77. The average molecular weight is 400 g/mol. The quantitative estimate of drug-likeness (QED) is 0.527. The van der Waals surface area contributed by atoms with Crippen LogP contribution in [0.4, 0.5) is 0 Å². The number of hydrogen-bond donors (Lipinski definition) is 0. The van der Waals surface area contributed by atoms with Crippen LogP contribution in [0.15, 0.2) is 35.3 Å². The Morgan fingerprint density at radius 1 is 0.591 bits per heavy atom. The molecule has 13 heteroatoms. The van der Waals surface area contributed by atoms with Crippen molar-refractivity contribution in [3.63, 3.8) is 0 Å². The lowest BCUT2D eigenvalue weighted by atomic mass is 10.8. The normalized spacial score (nSPS) is 43.7. The zero-order chi connectivity index (χ0) is 16.2. The van der Waals surface area contributed by atoms with Crippen molar-refractivity contribution in [1.82, 2.24) is 0 Å². The first-order chi connectivity index (χ1) is 10.4. The van der Waals surface area contributed by atoms with E-state index in [1.54, 1.807) is 56.1 Å². The Morgan fingerprint density at radius 3 is 1.00 bits per heavy atom. The highest BCUT2D eigenvalue weighted by Crippen LogP contribution is 2.63. The molecule has 0 saturated carbocycles. The van der Waals surface area contributed by atoms with Gasteiger partial charge in [0.15, 0.2) is 0 Å². The van der Waals surface area contributed by atoms with Crippen LogP contribution < -0.4 is 0 Å². The molecule has 0 aromatic carbocycles. The predicted octanol–water partition coefficient (Wildman–Crippen LogP) is 2.34. The van der Waals surface area contributed by atoms with Crippen LogP contribution in [0.25, 0.3) is 0 Å². The van der Waals surface area contributed by atoms with Crippen molar-refractivity contribution >= 4 is 43.5 Å². The second-order valence-corrected chi connectivity index (χ2v) is 14.4. The van der Waals surface area contributed by atoms with E-state index in [-0.39, 0.29) is 0 Å². The molecule has 3 aliphatic heterocycles. The van der Waals surface area contributed by atoms with E-state index in [1.165, 1.54) is 0 Å². The molecule has 3 heterocycles. The molecule has 0 amide bonds. The molecule has 124 valence electrons. The molecule has 0 aliphatic carbocycles. The van der Waals surface area contributed by atoms with Crippen molar-refractivity contribution < 1.29 is 34.4 Å². The van der Waals surface area contributed by atoms with E-state index in [2.05, 4.69) is 0 Å². The number of allylic oxidation sites excluding steroid dienone is 3. The molecule has 8 nitrogen and oxygen atoms in total. The molecule has 0 spiro atoms. The SMILES string of the molecule is CC=C[SiH]1OP2(=O)O[SiH](C=CC)OP(=O)(O1)O[SiH](C=CC)O2. The molecule has 0 unspecified atom stereocenters. The maximum atomic E-state index is 12.8. The fourth-order valence-electron chi connectivity index (χ4n) is 1.65. The molecule has 2 bridgehead atoms. The van der Waals surface area contributed by atoms with E-state index in [1.807, 2.05) is 0 Å². The summed E-state index contributed by atoms with van der Waals surface area (Å²) in [5, 5.41) is 0. The summed E-state index contributed by atoms with van der Waals surface area (Å²) in [4.78, 5) is 0. The largest absolute Gasteiger partial charge is 0.450 e. The van der Waals surface area contributed by atoms with Crippen molar-refractivity contribution in [2.45, 2.75) is 20.8 Å². The van der Waals surface area contributed by atoms with Gasteiger partial charge in [0.05, 0.1) is 0 Å². The van der Waals surface area contributed by atoms with Crippen LogP contribution in [0.5, 0.6) is 0 Å². The van der Waals surface area contributed by atoms with Gasteiger partial charge in [-0.2, -0.15) is 0 Å². The Morgan fingerprint density at radius 2 is 0.818 bits per heavy atom. The van der Waals surface area contributed by atoms with Crippen molar-refractivity contribution in [1.29, 1.82) is 0 Å². The number of fused-ring (bicyclic) bond motifs is 6. The van der Waals surface area contributed by atoms with Crippen LogP contribution >= 0.6 is 15.6 Å². The standard InChI is InChI=1S/C9H18O8P2Si3/c1-4-7-20-12-18(10)14-21(8-5-2)15-19(11,13-20)17-22(16-18)9-6-3/h4-9,20-22H,1-3H3. The average Bonchev–Trinajstić information content (AvgIpc) is 2.35. The first kappa shape index (κ1) is 18.4. The van der Waals surface area contributed by atoms with Gasteiger partial charge >= 0.3 is 43.5 Å². The topological polar surface area (TPSA) is 89.5 Å². The highest BCUT2D eigenvalue weighted by Gasteiger charge is 2.51. The van der Waals surface area contributed by atoms with Gasteiger partial charge in [0.2, 0.25) is 0 Å². The third kappa shape index (κ3) is 4.79. The van der Waals surface area contributed by atoms with Crippen LogP contribution in [0.1, 0.15) is 20.8 Å². The van der Waals surface area contributed by atoms with Crippen LogP contribution in [0.3, 0.4) is 0 Å². The Hall–Kier alpha value is 0.0906. The van der Waals surface area contributed by atoms with E-state index in [9.17, 15) is 9.13 Å². The van der Waals surface area contributed by atoms with Gasteiger partial charge in [0, 0.05) is 0 Å². The molecule has 0 atom stereocenters. The minimum atomic E-state index is -3.90. The van der Waals surface area contributed by atoms with E-state index in [0.29, 0.717) is 0 Å². The molecule has 3 aliphatic rings. The minimum Gasteiger partial charge on any atom is -0.302 e. The highest BCUT2D eigenvalue weighted by atomic mass is 31.2. The zero-order valence-electron chi connectivity index (χ0n) is 12.4. The van der Waals surface area contributed by atoms with E-state index in [0.717, 1.165) is 0 Å². The third-order valence-corrected chi connectivity index (χ3v) is 15.7. The van der Waals surface area contributed by atoms with E-state index < -0.39 is 43.5 Å². The highest BCUT2D eigenvalue weighted by molar-refractivity contribution is 7.57. The van der Waals surface area contributed by atoms with Crippen molar-refractivity contribution in [3.8, 4) is 0 Å². The van der Waals surface area contributed by atoms with Gasteiger partial charge in [-0.05, 0) is 37.9 Å². The summed E-state index contributed by atoms with van der Waals surface area (Å²) in [7, 11) is -16.0. The van der Waals surface area contributed by atoms with Crippen molar-refractivity contribution in [2.24, 2.45) is 0 Å². The molecule has 0 N–H and O–H groups in total.